The highest BCUT2D eigenvalue weighted by Gasteiger charge is 2.30. The molecule has 2 aliphatic rings. The minimum absolute atomic E-state index is 0.136. The molecule has 1 heterocycles. The number of nitrogens with two attached hydrogens (primary N) is 1. The number of amides is 1. The topological polar surface area (TPSA) is 46.3 Å². The van der Waals surface area contributed by atoms with Crippen molar-refractivity contribution in [3.8, 4) is 0 Å². The van der Waals surface area contributed by atoms with Gasteiger partial charge in [-0.3, -0.25) is 4.79 Å². The summed E-state index contributed by atoms with van der Waals surface area (Å²) in [5.41, 5.74) is 5.21. The second-order valence-corrected chi connectivity index (χ2v) is 4.76. The molecule has 14 heavy (non-hydrogen) atoms. The first-order valence-corrected chi connectivity index (χ1v) is 5.78. The molecule has 2 rings (SSSR count). The van der Waals surface area contributed by atoms with Crippen LogP contribution in [0, 0.1) is 5.92 Å². The predicted octanol–water partition coefficient (Wildman–Crippen LogP) is 1.13. The van der Waals surface area contributed by atoms with Gasteiger partial charge in [-0.2, -0.15) is 0 Å². The monoisotopic (exact) mass is 196 g/mol. The van der Waals surface area contributed by atoms with E-state index in [4.69, 9.17) is 5.73 Å². The van der Waals surface area contributed by atoms with E-state index in [0.717, 1.165) is 12.6 Å². The molecule has 0 aromatic carbocycles. The lowest BCUT2D eigenvalue weighted by Crippen LogP contribution is -2.31. The summed E-state index contributed by atoms with van der Waals surface area (Å²) in [4.78, 5) is 13.4. The third kappa shape index (κ3) is 2.27. The Balaban J connectivity index is 1.78. The molecule has 3 nitrogen and oxygen atoms in total. The van der Waals surface area contributed by atoms with Crippen molar-refractivity contribution >= 4 is 5.91 Å². The van der Waals surface area contributed by atoms with E-state index in [0.29, 0.717) is 12.3 Å². The van der Waals surface area contributed by atoms with Crippen LogP contribution in [-0.2, 0) is 4.79 Å². The maximum atomic E-state index is 10.8. The third-order valence-corrected chi connectivity index (χ3v) is 3.65. The minimum Gasteiger partial charge on any atom is -0.370 e. The number of hydrogen-bond donors (Lipinski definition) is 1. The van der Waals surface area contributed by atoms with Gasteiger partial charge in [0.05, 0.1) is 0 Å². The lowest BCUT2D eigenvalue weighted by molar-refractivity contribution is -0.118. The quantitative estimate of drug-likeness (QED) is 0.735. The highest BCUT2D eigenvalue weighted by molar-refractivity contribution is 5.74. The van der Waals surface area contributed by atoms with E-state index in [-0.39, 0.29) is 5.91 Å². The SMILES string of the molecule is NC(=O)C[C@H]1CCN(C2CCCC2)C1. The number of rotatable bonds is 3. The average molecular weight is 196 g/mol. The van der Waals surface area contributed by atoms with Gasteiger partial charge in [-0.15, -0.1) is 0 Å². The second-order valence-electron chi connectivity index (χ2n) is 4.76. The molecule has 0 radical (unpaired) electrons. The van der Waals surface area contributed by atoms with Gasteiger partial charge in [-0.1, -0.05) is 12.8 Å². The summed E-state index contributed by atoms with van der Waals surface area (Å²) in [6.45, 7) is 2.29. The van der Waals surface area contributed by atoms with Gasteiger partial charge in [0.25, 0.3) is 0 Å². The molecule has 3 heteroatoms. The third-order valence-electron chi connectivity index (χ3n) is 3.65. The van der Waals surface area contributed by atoms with E-state index < -0.39 is 0 Å². The molecule has 1 atom stereocenters. The first-order chi connectivity index (χ1) is 6.75. The van der Waals surface area contributed by atoms with Crippen LogP contribution in [0.1, 0.15) is 38.5 Å². The zero-order valence-electron chi connectivity index (χ0n) is 8.74. The molecular weight excluding hydrogens is 176 g/mol. The highest BCUT2D eigenvalue weighted by atomic mass is 16.1. The van der Waals surface area contributed by atoms with Crippen LogP contribution in [0.4, 0.5) is 0 Å². The first-order valence-electron chi connectivity index (χ1n) is 5.78. The Bertz CT molecular complexity index is 211. The molecule has 0 spiro atoms. The van der Waals surface area contributed by atoms with Gasteiger partial charge in [-0.05, 0) is 31.7 Å². The molecule has 0 aromatic rings. The number of hydrogen-bond acceptors (Lipinski definition) is 2. The lowest BCUT2D eigenvalue weighted by atomic mass is 10.1. The van der Waals surface area contributed by atoms with Crippen LogP contribution >= 0.6 is 0 Å². The second kappa shape index (κ2) is 4.30. The summed E-state index contributed by atoms with van der Waals surface area (Å²) in [5.74, 6) is 0.399. The molecule has 2 N–H and O–H groups in total. The Hall–Kier alpha value is -0.570. The molecule has 1 aliphatic heterocycles. The smallest absolute Gasteiger partial charge is 0.217 e. The maximum Gasteiger partial charge on any atom is 0.217 e. The maximum absolute atomic E-state index is 10.8. The molecular formula is C11H20N2O. The van der Waals surface area contributed by atoms with Crippen molar-refractivity contribution in [1.29, 1.82) is 0 Å². The number of carbonyl (C=O) groups excluding carboxylic acids is 1. The Labute approximate surface area is 85.6 Å². The van der Waals surface area contributed by atoms with Gasteiger partial charge in [0.1, 0.15) is 0 Å². The largest absolute Gasteiger partial charge is 0.370 e. The molecule has 0 aromatic heterocycles. The zero-order valence-corrected chi connectivity index (χ0v) is 8.74. The summed E-state index contributed by atoms with van der Waals surface area (Å²) in [7, 11) is 0. The van der Waals surface area contributed by atoms with Crippen LogP contribution in [0.5, 0.6) is 0 Å². The molecule has 0 unspecified atom stereocenters. The summed E-state index contributed by atoms with van der Waals surface area (Å²) < 4.78 is 0. The number of carbonyl (C=O) groups is 1. The Morgan fingerprint density at radius 3 is 2.64 bits per heavy atom. The molecule has 1 saturated heterocycles. The van der Waals surface area contributed by atoms with Crippen LogP contribution in [-0.4, -0.2) is 29.9 Å². The van der Waals surface area contributed by atoms with E-state index in [1.165, 1.54) is 38.6 Å². The standard InChI is InChI=1S/C11H20N2O/c12-11(14)7-9-5-6-13(8-9)10-3-1-2-4-10/h9-10H,1-8H2,(H2,12,14)/t9-/m1/s1. The van der Waals surface area contributed by atoms with Gasteiger partial charge in [0.15, 0.2) is 0 Å². The number of nitrogens with zero attached hydrogens (tertiary/aromatic N) is 1. The first kappa shape index (κ1) is 9.97. The van der Waals surface area contributed by atoms with E-state index in [2.05, 4.69) is 4.90 Å². The van der Waals surface area contributed by atoms with E-state index in [1.807, 2.05) is 0 Å². The predicted molar refractivity (Wildman–Crippen MR) is 55.7 cm³/mol. The van der Waals surface area contributed by atoms with Gasteiger partial charge >= 0.3 is 0 Å². The molecule has 80 valence electrons. The summed E-state index contributed by atoms with van der Waals surface area (Å²) >= 11 is 0. The van der Waals surface area contributed by atoms with Gasteiger partial charge in [0, 0.05) is 19.0 Å². The number of likely N-dealkylation sites (tertiary alicyclic amines) is 1. The fourth-order valence-electron chi connectivity index (χ4n) is 2.91. The molecule has 1 saturated carbocycles. The fraction of sp³-hybridized carbons (Fsp3) is 0.909. The van der Waals surface area contributed by atoms with Crippen LogP contribution < -0.4 is 5.73 Å². The van der Waals surface area contributed by atoms with Crippen LogP contribution in [0.15, 0.2) is 0 Å². The summed E-state index contributed by atoms with van der Waals surface area (Å²) in [6.07, 6.45) is 7.26. The highest BCUT2D eigenvalue weighted by Crippen LogP contribution is 2.29. The van der Waals surface area contributed by atoms with Crippen molar-refractivity contribution in [1.82, 2.24) is 4.90 Å². The molecule has 0 bridgehead atoms. The van der Waals surface area contributed by atoms with Crippen LogP contribution in [0.3, 0.4) is 0 Å². The summed E-state index contributed by atoms with van der Waals surface area (Å²) in [6, 6.07) is 0.813. The van der Waals surface area contributed by atoms with Crippen molar-refractivity contribution < 1.29 is 4.79 Å². The Morgan fingerprint density at radius 2 is 2.00 bits per heavy atom. The molecule has 1 amide bonds. The molecule has 1 aliphatic carbocycles. The average Bonchev–Trinajstić information content (AvgIpc) is 2.69. The number of primary amides is 1. The van der Waals surface area contributed by atoms with Crippen molar-refractivity contribution in [3.63, 3.8) is 0 Å². The normalized spacial score (nSPS) is 29.9. The van der Waals surface area contributed by atoms with E-state index in [9.17, 15) is 4.79 Å². The van der Waals surface area contributed by atoms with Crippen molar-refractivity contribution in [2.24, 2.45) is 11.7 Å². The van der Waals surface area contributed by atoms with Crippen LogP contribution in [0.2, 0.25) is 0 Å². The van der Waals surface area contributed by atoms with Gasteiger partial charge in [0.2, 0.25) is 5.91 Å². The minimum atomic E-state index is -0.136. The molecule has 2 fully saturated rings. The fourth-order valence-corrected chi connectivity index (χ4v) is 2.91. The Morgan fingerprint density at radius 1 is 1.29 bits per heavy atom. The Kier molecular flexibility index (Phi) is 3.06. The van der Waals surface area contributed by atoms with Crippen molar-refractivity contribution in [2.45, 2.75) is 44.6 Å². The van der Waals surface area contributed by atoms with E-state index in [1.54, 1.807) is 0 Å². The lowest BCUT2D eigenvalue weighted by Gasteiger charge is -2.23. The van der Waals surface area contributed by atoms with Gasteiger partial charge < -0.3 is 10.6 Å². The van der Waals surface area contributed by atoms with Crippen molar-refractivity contribution in [2.75, 3.05) is 13.1 Å². The zero-order chi connectivity index (χ0) is 9.97. The van der Waals surface area contributed by atoms with Crippen molar-refractivity contribution in [3.05, 3.63) is 0 Å². The van der Waals surface area contributed by atoms with Gasteiger partial charge in [-0.25, -0.2) is 0 Å². The van der Waals surface area contributed by atoms with Crippen LogP contribution in [0.25, 0.3) is 0 Å². The summed E-state index contributed by atoms with van der Waals surface area (Å²) in [5, 5.41) is 0. The van der Waals surface area contributed by atoms with E-state index >= 15 is 0 Å².